The first-order valence-corrected chi connectivity index (χ1v) is 2.91. The van der Waals surface area contributed by atoms with Crippen molar-refractivity contribution in [2.24, 2.45) is 0 Å². The van der Waals surface area contributed by atoms with Gasteiger partial charge in [-0.1, -0.05) is 4.98 Å². The minimum absolute atomic E-state index is 0.671. The molecule has 1 heterocycles. The molecule has 0 atom stereocenters. The van der Waals surface area contributed by atoms with Crippen LogP contribution in [0.25, 0.3) is 0 Å². The molecule has 8 heteroatoms. The average Bonchev–Trinajstić information content (AvgIpc) is 2.34. The molecular formula is C4H4F2N4O2. The Kier molecular flexibility index (Phi) is 2.26. The van der Waals surface area contributed by atoms with Gasteiger partial charge in [-0.2, -0.15) is 4.68 Å². The zero-order valence-corrected chi connectivity index (χ0v) is 5.72. The molecule has 0 radical (unpaired) electrons. The first kappa shape index (κ1) is 8.50. The van der Waals surface area contributed by atoms with Crippen LogP contribution in [0.3, 0.4) is 0 Å². The Bertz CT molecular complexity index is 286. The summed E-state index contributed by atoms with van der Waals surface area (Å²) in [5, 5.41) is 13.2. The summed E-state index contributed by atoms with van der Waals surface area (Å²) in [6.07, 6.45) is -1.70. The molecule has 0 spiro atoms. The fourth-order valence-corrected chi connectivity index (χ4v) is 0.598. The molecule has 0 aliphatic carbocycles. The van der Waals surface area contributed by atoms with Gasteiger partial charge in [0.1, 0.15) is 6.54 Å². The molecular weight excluding hydrogens is 174 g/mol. The minimum atomic E-state index is -2.59. The van der Waals surface area contributed by atoms with Crippen molar-refractivity contribution < 1.29 is 13.7 Å². The van der Waals surface area contributed by atoms with Gasteiger partial charge in [-0.15, -0.1) is 0 Å². The Morgan fingerprint density at radius 3 is 2.83 bits per heavy atom. The molecule has 0 saturated heterocycles. The topological polar surface area (TPSA) is 73.8 Å². The molecule has 0 aliphatic heterocycles. The quantitative estimate of drug-likeness (QED) is 0.497. The monoisotopic (exact) mass is 178 g/mol. The molecule has 0 fully saturated rings. The van der Waals surface area contributed by atoms with E-state index in [1.54, 1.807) is 0 Å². The Morgan fingerprint density at radius 1 is 1.75 bits per heavy atom. The van der Waals surface area contributed by atoms with Gasteiger partial charge in [-0.3, -0.25) is 0 Å². The number of rotatable bonds is 3. The van der Waals surface area contributed by atoms with Gasteiger partial charge >= 0.3 is 5.95 Å². The van der Waals surface area contributed by atoms with Crippen molar-refractivity contribution in [1.82, 2.24) is 14.8 Å². The fraction of sp³-hybridized carbons (Fsp3) is 0.500. The van der Waals surface area contributed by atoms with Crippen LogP contribution in [0, 0.1) is 10.1 Å². The second-order valence-corrected chi connectivity index (χ2v) is 1.91. The summed E-state index contributed by atoms with van der Waals surface area (Å²) in [6.45, 7) is -0.680. The van der Waals surface area contributed by atoms with E-state index in [-0.39, 0.29) is 0 Å². The maximum atomic E-state index is 11.7. The second kappa shape index (κ2) is 3.20. The molecule has 1 aromatic heterocycles. The van der Waals surface area contributed by atoms with E-state index in [9.17, 15) is 18.9 Å². The lowest BCUT2D eigenvalue weighted by molar-refractivity contribution is -0.394. The minimum Gasteiger partial charge on any atom is -0.390 e. The maximum absolute atomic E-state index is 11.7. The first-order valence-electron chi connectivity index (χ1n) is 2.91. The van der Waals surface area contributed by atoms with Crippen LogP contribution < -0.4 is 0 Å². The van der Waals surface area contributed by atoms with E-state index in [2.05, 4.69) is 10.1 Å². The summed E-state index contributed by atoms with van der Waals surface area (Å²) >= 11 is 0. The van der Waals surface area contributed by atoms with Crippen LogP contribution in [-0.2, 0) is 6.54 Å². The van der Waals surface area contributed by atoms with E-state index >= 15 is 0 Å². The average molecular weight is 178 g/mol. The Hall–Kier alpha value is -1.60. The molecule has 1 rings (SSSR count). The summed E-state index contributed by atoms with van der Waals surface area (Å²) in [7, 11) is 0. The first-order chi connectivity index (χ1) is 5.59. The zero-order chi connectivity index (χ0) is 9.14. The van der Waals surface area contributed by atoms with Crippen molar-refractivity contribution in [3.8, 4) is 0 Å². The van der Waals surface area contributed by atoms with Gasteiger partial charge in [-0.05, 0) is 4.92 Å². The molecule has 6 nitrogen and oxygen atoms in total. The van der Waals surface area contributed by atoms with Gasteiger partial charge < -0.3 is 10.1 Å². The van der Waals surface area contributed by atoms with Gasteiger partial charge in [0.2, 0.25) is 6.33 Å². The lowest BCUT2D eigenvalue weighted by Crippen LogP contribution is -2.07. The van der Waals surface area contributed by atoms with Gasteiger partial charge in [0.05, 0.1) is 0 Å². The predicted molar refractivity (Wildman–Crippen MR) is 32.7 cm³/mol. The molecule has 12 heavy (non-hydrogen) atoms. The number of hydrogen-bond acceptors (Lipinski definition) is 4. The third-order valence-electron chi connectivity index (χ3n) is 1.01. The number of alkyl halides is 2. The Balaban J connectivity index is 2.71. The van der Waals surface area contributed by atoms with E-state index in [0.717, 1.165) is 11.0 Å². The van der Waals surface area contributed by atoms with Crippen molar-refractivity contribution in [1.29, 1.82) is 0 Å². The van der Waals surface area contributed by atoms with Crippen LogP contribution in [-0.4, -0.2) is 26.1 Å². The lowest BCUT2D eigenvalue weighted by atomic mass is 10.7. The summed E-state index contributed by atoms with van der Waals surface area (Å²) in [5.74, 6) is -0.671. The highest BCUT2D eigenvalue weighted by Gasteiger charge is 2.15. The molecule has 0 unspecified atom stereocenters. The van der Waals surface area contributed by atoms with Gasteiger partial charge in [-0.25, -0.2) is 8.78 Å². The fourth-order valence-electron chi connectivity index (χ4n) is 0.598. The van der Waals surface area contributed by atoms with E-state index in [4.69, 9.17) is 0 Å². The molecule has 0 N–H and O–H groups in total. The van der Waals surface area contributed by atoms with Crippen LogP contribution in [0.1, 0.15) is 0 Å². The van der Waals surface area contributed by atoms with Gasteiger partial charge in [0, 0.05) is 5.10 Å². The van der Waals surface area contributed by atoms with Gasteiger partial charge in [0.15, 0.2) is 0 Å². The number of halogens is 2. The third kappa shape index (κ3) is 1.94. The van der Waals surface area contributed by atoms with Crippen molar-refractivity contribution in [2.75, 3.05) is 0 Å². The molecule has 0 aromatic carbocycles. The summed E-state index contributed by atoms with van der Waals surface area (Å²) < 4.78 is 24.1. The molecule has 0 aliphatic rings. The van der Waals surface area contributed by atoms with E-state index in [1.165, 1.54) is 0 Å². The van der Waals surface area contributed by atoms with Crippen LogP contribution in [0.15, 0.2) is 6.33 Å². The van der Waals surface area contributed by atoms with Crippen LogP contribution >= 0.6 is 0 Å². The third-order valence-corrected chi connectivity index (χ3v) is 1.01. The normalized spacial score (nSPS) is 10.6. The zero-order valence-electron chi connectivity index (χ0n) is 5.72. The Labute approximate surface area is 65.0 Å². The molecule has 0 bridgehead atoms. The highest BCUT2D eigenvalue weighted by atomic mass is 19.3. The van der Waals surface area contributed by atoms with Crippen molar-refractivity contribution >= 4 is 5.95 Å². The smallest absolute Gasteiger partial charge is 0.390 e. The lowest BCUT2D eigenvalue weighted by Gasteiger charge is -1.91. The summed E-state index contributed by atoms with van der Waals surface area (Å²) in [5.41, 5.74) is 0. The standard InChI is InChI=1S/C4H4F2N4O2/c5-3(6)1-9-2-7-4(8-9)10(11)12/h2-3H,1H2. The SMILES string of the molecule is O=[N+]([O-])c1ncn(CC(F)F)n1. The van der Waals surface area contributed by atoms with Crippen LogP contribution in [0.2, 0.25) is 0 Å². The summed E-state index contributed by atoms with van der Waals surface area (Å²) in [6, 6.07) is 0. The molecule has 66 valence electrons. The largest absolute Gasteiger partial charge is 0.490 e. The highest BCUT2D eigenvalue weighted by molar-refractivity contribution is 4.96. The maximum Gasteiger partial charge on any atom is 0.490 e. The van der Waals surface area contributed by atoms with Crippen LogP contribution in [0.5, 0.6) is 0 Å². The molecule has 0 amide bonds. The van der Waals surface area contributed by atoms with Gasteiger partial charge in [0.25, 0.3) is 6.43 Å². The van der Waals surface area contributed by atoms with E-state index in [1.807, 2.05) is 0 Å². The number of hydrogen-bond donors (Lipinski definition) is 0. The number of nitrogens with zero attached hydrogens (tertiary/aromatic N) is 4. The highest BCUT2D eigenvalue weighted by Crippen LogP contribution is 2.02. The van der Waals surface area contributed by atoms with Crippen molar-refractivity contribution in [3.63, 3.8) is 0 Å². The molecule has 1 aromatic rings. The van der Waals surface area contributed by atoms with Crippen molar-refractivity contribution in [2.45, 2.75) is 13.0 Å². The number of aromatic nitrogens is 3. The number of nitro groups is 1. The van der Waals surface area contributed by atoms with E-state index in [0.29, 0.717) is 0 Å². The molecule has 0 saturated carbocycles. The van der Waals surface area contributed by atoms with E-state index < -0.39 is 23.8 Å². The second-order valence-electron chi connectivity index (χ2n) is 1.91. The summed E-state index contributed by atoms with van der Waals surface area (Å²) in [4.78, 5) is 12.3. The van der Waals surface area contributed by atoms with Crippen LogP contribution in [0.4, 0.5) is 14.7 Å². The predicted octanol–water partition coefficient (Wildman–Crippen LogP) is 0.451. The Morgan fingerprint density at radius 2 is 2.42 bits per heavy atom. The van der Waals surface area contributed by atoms with Crippen molar-refractivity contribution in [3.05, 3.63) is 16.4 Å².